The summed E-state index contributed by atoms with van der Waals surface area (Å²) in [7, 11) is 1.51. The largest absolute Gasteiger partial charge is 0.491 e. The number of ether oxygens (including phenoxy) is 2. The molecule has 0 saturated carbocycles. The lowest BCUT2D eigenvalue weighted by molar-refractivity contribution is -0.121. The van der Waals surface area contributed by atoms with E-state index in [0.717, 1.165) is 5.56 Å². The lowest BCUT2D eigenvalue weighted by atomic mass is 10.2. The first-order chi connectivity index (χ1) is 14.0. The summed E-state index contributed by atoms with van der Waals surface area (Å²) < 4.78 is 10.7. The van der Waals surface area contributed by atoms with E-state index in [1.54, 1.807) is 36.7 Å². The van der Waals surface area contributed by atoms with Crippen molar-refractivity contribution in [2.45, 2.75) is 19.9 Å². The Morgan fingerprint density at radius 1 is 1.28 bits per heavy atom. The van der Waals surface area contributed by atoms with Crippen LogP contribution in [0.25, 0.3) is 6.08 Å². The quantitative estimate of drug-likeness (QED) is 0.580. The van der Waals surface area contributed by atoms with Gasteiger partial charge in [-0.15, -0.1) is 0 Å². The maximum atomic E-state index is 12.0. The molecule has 0 aliphatic rings. The molecule has 0 radical (unpaired) electrons. The minimum Gasteiger partial charge on any atom is -0.491 e. The van der Waals surface area contributed by atoms with E-state index in [2.05, 4.69) is 15.6 Å². The SMILES string of the molecule is CCOc1cc(C=CC(=O)NCCC(=O)NCc2cccnc2)cc(Cl)c1OC. The molecule has 1 aromatic heterocycles. The molecule has 0 aliphatic carbocycles. The number of benzene rings is 1. The van der Waals surface area contributed by atoms with E-state index in [9.17, 15) is 9.59 Å². The Morgan fingerprint density at radius 3 is 2.79 bits per heavy atom. The highest BCUT2D eigenvalue weighted by atomic mass is 35.5. The maximum absolute atomic E-state index is 12.0. The molecule has 2 N–H and O–H groups in total. The fourth-order valence-corrected chi connectivity index (χ4v) is 2.76. The van der Waals surface area contributed by atoms with Crippen molar-refractivity contribution in [3.8, 4) is 11.5 Å². The van der Waals surface area contributed by atoms with Crippen LogP contribution in [0, 0.1) is 0 Å². The summed E-state index contributed by atoms with van der Waals surface area (Å²) in [4.78, 5) is 27.8. The molecule has 0 atom stereocenters. The summed E-state index contributed by atoms with van der Waals surface area (Å²) in [5.41, 5.74) is 1.61. The van der Waals surface area contributed by atoms with Crippen molar-refractivity contribution in [1.29, 1.82) is 0 Å². The van der Waals surface area contributed by atoms with Crippen LogP contribution in [0.2, 0.25) is 5.02 Å². The first kappa shape index (κ1) is 22.2. The lowest BCUT2D eigenvalue weighted by Crippen LogP contribution is -2.29. The van der Waals surface area contributed by atoms with Crippen molar-refractivity contribution >= 4 is 29.5 Å². The second-order valence-electron chi connectivity index (χ2n) is 5.98. The minimum atomic E-state index is -0.310. The standard InChI is InChI=1S/C21H24ClN3O4/c1-3-29-18-12-15(11-17(22)21(18)28-2)6-7-19(26)24-10-8-20(27)25-14-16-5-4-9-23-13-16/h4-7,9,11-13H,3,8,10,14H2,1-2H3,(H,24,26)(H,25,27). The summed E-state index contributed by atoms with van der Waals surface area (Å²) in [5.74, 6) is 0.497. The van der Waals surface area contributed by atoms with Crippen molar-refractivity contribution < 1.29 is 19.1 Å². The van der Waals surface area contributed by atoms with Crippen LogP contribution >= 0.6 is 11.6 Å². The molecule has 2 amide bonds. The molecule has 0 unspecified atom stereocenters. The Labute approximate surface area is 175 Å². The second kappa shape index (κ2) is 11.7. The van der Waals surface area contributed by atoms with Crippen molar-refractivity contribution in [3.63, 3.8) is 0 Å². The highest BCUT2D eigenvalue weighted by molar-refractivity contribution is 6.32. The molecule has 7 nitrogen and oxygen atoms in total. The normalized spacial score (nSPS) is 10.6. The number of nitrogens with one attached hydrogen (secondary N) is 2. The summed E-state index contributed by atoms with van der Waals surface area (Å²) in [6.45, 7) is 2.95. The van der Waals surface area contributed by atoms with E-state index in [-0.39, 0.29) is 24.8 Å². The van der Waals surface area contributed by atoms with Gasteiger partial charge >= 0.3 is 0 Å². The van der Waals surface area contributed by atoms with Gasteiger partial charge in [-0.3, -0.25) is 14.6 Å². The first-order valence-corrected chi connectivity index (χ1v) is 9.53. The fourth-order valence-electron chi connectivity index (χ4n) is 2.47. The smallest absolute Gasteiger partial charge is 0.244 e. The zero-order chi connectivity index (χ0) is 21.1. The predicted molar refractivity (Wildman–Crippen MR) is 112 cm³/mol. The van der Waals surface area contributed by atoms with Gasteiger partial charge in [0.25, 0.3) is 0 Å². The molecular weight excluding hydrogens is 394 g/mol. The number of halogens is 1. The Kier molecular flexibility index (Phi) is 8.98. The molecule has 2 aromatic rings. The Bertz CT molecular complexity index is 857. The summed E-state index contributed by atoms with van der Waals surface area (Å²) in [6, 6.07) is 7.10. The molecule has 0 saturated heterocycles. The van der Waals surface area contributed by atoms with Gasteiger partial charge in [0, 0.05) is 38.0 Å². The molecule has 29 heavy (non-hydrogen) atoms. The molecule has 0 aliphatic heterocycles. The summed E-state index contributed by atoms with van der Waals surface area (Å²) in [6.07, 6.45) is 6.54. The van der Waals surface area contributed by atoms with Gasteiger partial charge in [-0.25, -0.2) is 0 Å². The number of nitrogens with zero attached hydrogens (tertiary/aromatic N) is 1. The van der Waals surface area contributed by atoms with Crippen LogP contribution in [-0.4, -0.2) is 37.1 Å². The number of hydrogen-bond acceptors (Lipinski definition) is 5. The van der Waals surface area contributed by atoms with Gasteiger partial charge in [-0.05, 0) is 42.3 Å². The lowest BCUT2D eigenvalue weighted by Gasteiger charge is -2.11. The molecular formula is C21H24ClN3O4. The maximum Gasteiger partial charge on any atom is 0.244 e. The third-order valence-electron chi connectivity index (χ3n) is 3.83. The molecule has 1 aromatic carbocycles. The highest BCUT2D eigenvalue weighted by Crippen LogP contribution is 2.36. The van der Waals surface area contributed by atoms with Gasteiger partial charge in [0.1, 0.15) is 0 Å². The number of methoxy groups -OCH3 is 1. The number of carbonyl (C=O) groups excluding carboxylic acids is 2. The Balaban J connectivity index is 1.80. The predicted octanol–water partition coefficient (Wildman–Crippen LogP) is 2.98. The molecule has 0 bridgehead atoms. The van der Waals surface area contributed by atoms with Gasteiger partial charge in [-0.1, -0.05) is 17.7 Å². The fraction of sp³-hybridized carbons (Fsp3) is 0.286. The monoisotopic (exact) mass is 417 g/mol. The second-order valence-corrected chi connectivity index (χ2v) is 6.39. The van der Waals surface area contributed by atoms with E-state index in [0.29, 0.717) is 35.2 Å². The Morgan fingerprint density at radius 2 is 2.10 bits per heavy atom. The summed E-state index contributed by atoms with van der Waals surface area (Å²) in [5, 5.41) is 5.84. The molecule has 0 fully saturated rings. The Hall–Kier alpha value is -3.06. The van der Waals surface area contributed by atoms with Gasteiger partial charge < -0.3 is 20.1 Å². The van der Waals surface area contributed by atoms with Gasteiger partial charge in [0.05, 0.1) is 18.7 Å². The van der Waals surface area contributed by atoms with Gasteiger partial charge in [0.15, 0.2) is 11.5 Å². The number of aromatic nitrogens is 1. The molecule has 1 heterocycles. The number of rotatable bonds is 10. The minimum absolute atomic E-state index is 0.151. The van der Waals surface area contributed by atoms with Crippen LogP contribution in [0.15, 0.2) is 42.7 Å². The topological polar surface area (TPSA) is 89.5 Å². The van der Waals surface area contributed by atoms with E-state index in [1.165, 1.54) is 13.2 Å². The van der Waals surface area contributed by atoms with Crippen molar-refractivity contribution in [3.05, 3.63) is 58.9 Å². The molecule has 0 spiro atoms. The van der Waals surface area contributed by atoms with Crippen LogP contribution in [0.1, 0.15) is 24.5 Å². The van der Waals surface area contributed by atoms with Crippen molar-refractivity contribution in [1.82, 2.24) is 15.6 Å². The van der Waals surface area contributed by atoms with Crippen LogP contribution in [0.5, 0.6) is 11.5 Å². The zero-order valence-corrected chi connectivity index (χ0v) is 17.2. The van der Waals surface area contributed by atoms with Crippen LogP contribution < -0.4 is 20.1 Å². The van der Waals surface area contributed by atoms with Crippen LogP contribution in [-0.2, 0) is 16.1 Å². The van der Waals surface area contributed by atoms with Crippen LogP contribution in [0.4, 0.5) is 0 Å². The molecule has 2 rings (SSSR count). The van der Waals surface area contributed by atoms with Crippen molar-refractivity contribution in [2.75, 3.05) is 20.3 Å². The number of carbonyl (C=O) groups is 2. The average molecular weight is 418 g/mol. The van der Waals surface area contributed by atoms with E-state index in [4.69, 9.17) is 21.1 Å². The van der Waals surface area contributed by atoms with Gasteiger partial charge in [-0.2, -0.15) is 0 Å². The van der Waals surface area contributed by atoms with Crippen LogP contribution in [0.3, 0.4) is 0 Å². The van der Waals surface area contributed by atoms with Crippen molar-refractivity contribution in [2.24, 2.45) is 0 Å². The molecule has 154 valence electrons. The first-order valence-electron chi connectivity index (χ1n) is 9.15. The van der Waals surface area contributed by atoms with E-state index < -0.39 is 0 Å². The summed E-state index contributed by atoms with van der Waals surface area (Å²) >= 11 is 6.19. The average Bonchev–Trinajstić information content (AvgIpc) is 2.72. The third-order valence-corrected chi connectivity index (χ3v) is 4.11. The third kappa shape index (κ3) is 7.46. The zero-order valence-electron chi connectivity index (χ0n) is 16.4. The highest BCUT2D eigenvalue weighted by Gasteiger charge is 2.10. The van der Waals surface area contributed by atoms with E-state index >= 15 is 0 Å². The number of amides is 2. The molecule has 8 heteroatoms. The number of pyridine rings is 1. The van der Waals surface area contributed by atoms with E-state index in [1.807, 2.05) is 13.0 Å². The van der Waals surface area contributed by atoms with Gasteiger partial charge in [0.2, 0.25) is 11.8 Å². The number of hydrogen-bond donors (Lipinski definition) is 2.